The molecule has 0 saturated heterocycles. The third-order valence-corrected chi connectivity index (χ3v) is 1.80. The summed E-state index contributed by atoms with van der Waals surface area (Å²) in [6.07, 6.45) is 0. The van der Waals surface area contributed by atoms with E-state index in [-0.39, 0.29) is 17.3 Å². The molecule has 14 heavy (non-hydrogen) atoms. The third kappa shape index (κ3) is 2.46. The highest BCUT2D eigenvalue weighted by Crippen LogP contribution is 2.24. The molecule has 1 aromatic carbocycles. The summed E-state index contributed by atoms with van der Waals surface area (Å²) in [7, 11) is 0. The molecule has 0 radical (unpaired) electrons. The van der Waals surface area contributed by atoms with Crippen molar-refractivity contribution < 1.29 is 4.92 Å². The molecular formula is C9H7ClN2O2. The lowest BCUT2D eigenvalue weighted by atomic mass is 10.2. The van der Waals surface area contributed by atoms with Crippen LogP contribution in [0, 0.1) is 22.0 Å². The van der Waals surface area contributed by atoms with Crippen molar-refractivity contribution in [1.29, 1.82) is 0 Å². The summed E-state index contributed by atoms with van der Waals surface area (Å²) in [4.78, 5) is 9.95. The fourth-order valence-electron chi connectivity index (χ4n) is 0.883. The zero-order chi connectivity index (χ0) is 10.6. The van der Waals surface area contributed by atoms with Crippen LogP contribution in [0.3, 0.4) is 0 Å². The Bertz CT molecular complexity index is 421. The molecule has 2 N–H and O–H groups in total. The first-order valence-electron chi connectivity index (χ1n) is 3.78. The number of nitrogens with zero attached hydrogens (tertiary/aromatic N) is 1. The molecule has 0 amide bonds. The summed E-state index contributed by atoms with van der Waals surface area (Å²) < 4.78 is 0. The van der Waals surface area contributed by atoms with Gasteiger partial charge in [0.05, 0.1) is 11.5 Å². The van der Waals surface area contributed by atoms with E-state index in [9.17, 15) is 10.1 Å². The van der Waals surface area contributed by atoms with Crippen LogP contribution in [0.15, 0.2) is 18.2 Å². The number of benzene rings is 1. The zero-order valence-electron chi connectivity index (χ0n) is 7.16. The topological polar surface area (TPSA) is 69.2 Å². The van der Waals surface area contributed by atoms with Crippen LogP contribution in [-0.2, 0) is 0 Å². The van der Waals surface area contributed by atoms with E-state index in [0.29, 0.717) is 5.56 Å². The first-order valence-corrected chi connectivity index (χ1v) is 4.16. The minimum atomic E-state index is -0.546. The van der Waals surface area contributed by atoms with Crippen LogP contribution in [-0.4, -0.2) is 11.5 Å². The largest absolute Gasteiger partial charge is 0.320 e. The Morgan fingerprint density at radius 2 is 2.29 bits per heavy atom. The molecule has 1 aromatic rings. The normalized spacial score (nSPS) is 9.00. The molecule has 1 rings (SSSR count). The fraction of sp³-hybridized carbons (Fsp3) is 0.111. The molecule has 0 atom stereocenters. The predicted octanol–water partition coefficient (Wildman–Crippen LogP) is 1.56. The molecule has 0 fully saturated rings. The van der Waals surface area contributed by atoms with Crippen LogP contribution in [0.25, 0.3) is 0 Å². The first-order chi connectivity index (χ1) is 6.65. The zero-order valence-corrected chi connectivity index (χ0v) is 7.91. The second-order valence-corrected chi connectivity index (χ2v) is 2.84. The first kappa shape index (κ1) is 10.5. The monoisotopic (exact) mass is 210 g/mol. The number of nitro benzene ring substituents is 1. The van der Waals surface area contributed by atoms with E-state index < -0.39 is 4.92 Å². The van der Waals surface area contributed by atoms with Gasteiger partial charge in [-0.2, -0.15) is 0 Å². The van der Waals surface area contributed by atoms with Crippen LogP contribution in [0.1, 0.15) is 5.56 Å². The molecule has 72 valence electrons. The van der Waals surface area contributed by atoms with E-state index in [0.717, 1.165) is 0 Å². The van der Waals surface area contributed by atoms with Gasteiger partial charge in [-0.05, 0) is 12.1 Å². The van der Waals surface area contributed by atoms with Gasteiger partial charge in [0.1, 0.15) is 5.02 Å². The van der Waals surface area contributed by atoms with Crippen LogP contribution < -0.4 is 5.73 Å². The quantitative estimate of drug-likeness (QED) is 0.435. The summed E-state index contributed by atoms with van der Waals surface area (Å²) in [5.74, 6) is 5.29. The van der Waals surface area contributed by atoms with Crippen molar-refractivity contribution in [3.63, 3.8) is 0 Å². The fourth-order valence-corrected chi connectivity index (χ4v) is 1.07. The Kier molecular flexibility index (Phi) is 3.46. The number of halogens is 1. The lowest BCUT2D eigenvalue weighted by Gasteiger charge is -1.95. The van der Waals surface area contributed by atoms with Gasteiger partial charge in [-0.1, -0.05) is 23.4 Å². The summed E-state index contributed by atoms with van der Waals surface area (Å²) in [6, 6.07) is 4.38. The van der Waals surface area contributed by atoms with Crippen LogP contribution in [0.4, 0.5) is 5.69 Å². The maximum Gasteiger partial charge on any atom is 0.289 e. The lowest BCUT2D eigenvalue weighted by molar-refractivity contribution is -0.384. The molecule has 0 spiro atoms. The van der Waals surface area contributed by atoms with Crippen molar-refractivity contribution in [2.45, 2.75) is 0 Å². The van der Waals surface area contributed by atoms with Gasteiger partial charge in [-0.25, -0.2) is 0 Å². The van der Waals surface area contributed by atoms with Gasteiger partial charge in [-0.15, -0.1) is 0 Å². The number of nitrogens with two attached hydrogens (primary N) is 1. The molecule has 0 unspecified atom stereocenters. The number of hydrogen-bond donors (Lipinski definition) is 1. The molecule has 0 aliphatic rings. The van der Waals surface area contributed by atoms with E-state index in [4.69, 9.17) is 17.3 Å². The minimum Gasteiger partial charge on any atom is -0.320 e. The lowest BCUT2D eigenvalue weighted by Crippen LogP contribution is -1.93. The van der Waals surface area contributed by atoms with E-state index in [1.165, 1.54) is 12.1 Å². The Morgan fingerprint density at radius 1 is 1.57 bits per heavy atom. The molecule has 0 aliphatic heterocycles. The predicted molar refractivity (Wildman–Crippen MR) is 54.0 cm³/mol. The van der Waals surface area contributed by atoms with Crippen LogP contribution >= 0.6 is 11.6 Å². The number of nitro groups is 1. The smallest absolute Gasteiger partial charge is 0.289 e. The van der Waals surface area contributed by atoms with Crippen molar-refractivity contribution in [2.24, 2.45) is 5.73 Å². The standard InChI is InChI=1S/C9H7ClN2O2/c10-8-4-3-7(2-1-5-11)6-9(8)12(13)14/h3-4,6H,5,11H2. The van der Waals surface area contributed by atoms with Crippen molar-refractivity contribution in [3.8, 4) is 11.8 Å². The molecule has 0 aliphatic carbocycles. The highest BCUT2D eigenvalue weighted by molar-refractivity contribution is 6.32. The van der Waals surface area contributed by atoms with Crippen molar-refractivity contribution in [2.75, 3.05) is 6.54 Å². The minimum absolute atomic E-state index is 0.105. The van der Waals surface area contributed by atoms with Gasteiger partial charge in [0.2, 0.25) is 0 Å². The van der Waals surface area contributed by atoms with Gasteiger partial charge in [0, 0.05) is 11.6 Å². The summed E-state index contributed by atoms with van der Waals surface area (Å²) in [5.41, 5.74) is 5.56. The van der Waals surface area contributed by atoms with Gasteiger partial charge < -0.3 is 5.73 Å². The van der Waals surface area contributed by atoms with E-state index in [1.54, 1.807) is 6.07 Å². The molecule has 4 nitrogen and oxygen atoms in total. The van der Waals surface area contributed by atoms with Gasteiger partial charge in [0.15, 0.2) is 0 Å². The highest BCUT2D eigenvalue weighted by atomic mass is 35.5. The van der Waals surface area contributed by atoms with E-state index >= 15 is 0 Å². The molecule has 0 saturated carbocycles. The molecular weight excluding hydrogens is 204 g/mol. The molecule has 0 aromatic heterocycles. The Labute approximate surface area is 85.8 Å². The average Bonchev–Trinajstić information content (AvgIpc) is 2.16. The van der Waals surface area contributed by atoms with Crippen molar-refractivity contribution in [1.82, 2.24) is 0 Å². The third-order valence-electron chi connectivity index (χ3n) is 1.48. The second kappa shape index (κ2) is 4.61. The van der Waals surface area contributed by atoms with Gasteiger partial charge in [0.25, 0.3) is 5.69 Å². The maximum atomic E-state index is 10.5. The maximum absolute atomic E-state index is 10.5. The Hall–Kier alpha value is -1.57. The van der Waals surface area contributed by atoms with E-state index in [1.807, 2.05) is 0 Å². The number of hydrogen-bond acceptors (Lipinski definition) is 3. The van der Waals surface area contributed by atoms with E-state index in [2.05, 4.69) is 11.8 Å². The molecule has 5 heteroatoms. The molecule has 0 heterocycles. The summed E-state index contributed by atoms with van der Waals surface area (Å²) in [5, 5.41) is 10.6. The second-order valence-electron chi connectivity index (χ2n) is 2.43. The van der Waals surface area contributed by atoms with Crippen LogP contribution in [0.5, 0.6) is 0 Å². The number of rotatable bonds is 1. The van der Waals surface area contributed by atoms with Gasteiger partial charge >= 0.3 is 0 Å². The average molecular weight is 211 g/mol. The Morgan fingerprint density at radius 3 is 2.86 bits per heavy atom. The summed E-state index contributed by atoms with van der Waals surface area (Å²) >= 11 is 5.61. The SMILES string of the molecule is NCC#Cc1ccc(Cl)c([N+](=O)[O-])c1. The Balaban J connectivity index is 3.13. The summed E-state index contributed by atoms with van der Waals surface area (Å²) in [6.45, 7) is 0.219. The van der Waals surface area contributed by atoms with Crippen molar-refractivity contribution in [3.05, 3.63) is 38.9 Å². The van der Waals surface area contributed by atoms with Crippen LogP contribution in [0.2, 0.25) is 5.02 Å². The highest BCUT2D eigenvalue weighted by Gasteiger charge is 2.11. The van der Waals surface area contributed by atoms with Crippen molar-refractivity contribution >= 4 is 17.3 Å². The molecule has 0 bridgehead atoms. The van der Waals surface area contributed by atoms with Gasteiger partial charge in [-0.3, -0.25) is 10.1 Å².